The first-order chi connectivity index (χ1) is 12.9. The lowest BCUT2D eigenvalue weighted by atomic mass is 10.1. The highest BCUT2D eigenvalue weighted by atomic mass is 16.2. The Morgan fingerprint density at radius 2 is 1.70 bits per heavy atom. The van der Waals surface area contributed by atoms with Crippen LogP contribution in [0.15, 0.2) is 48.5 Å². The summed E-state index contributed by atoms with van der Waals surface area (Å²) in [6, 6.07) is 15.0. The van der Waals surface area contributed by atoms with Crippen LogP contribution in [0.1, 0.15) is 43.1 Å². The number of nitrogens with zero attached hydrogens (tertiary/aromatic N) is 2. The van der Waals surface area contributed by atoms with Crippen molar-refractivity contribution in [3.63, 3.8) is 0 Å². The highest BCUT2D eigenvalue weighted by molar-refractivity contribution is 5.98. The highest BCUT2D eigenvalue weighted by Gasteiger charge is 2.30. The van der Waals surface area contributed by atoms with Crippen molar-refractivity contribution in [1.82, 2.24) is 0 Å². The summed E-state index contributed by atoms with van der Waals surface area (Å²) in [6.07, 6.45) is 1.09. The van der Waals surface area contributed by atoms with E-state index in [1.807, 2.05) is 30.0 Å². The van der Waals surface area contributed by atoms with Crippen molar-refractivity contribution >= 4 is 29.0 Å². The number of carbonyl (C=O) groups is 3. The van der Waals surface area contributed by atoms with Gasteiger partial charge in [0.05, 0.1) is 0 Å². The number of ketones is 1. The van der Waals surface area contributed by atoms with Gasteiger partial charge in [-0.3, -0.25) is 14.4 Å². The summed E-state index contributed by atoms with van der Waals surface area (Å²) in [7, 11) is 0. The fourth-order valence-electron chi connectivity index (χ4n) is 3.62. The van der Waals surface area contributed by atoms with E-state index in [-0.39, 0.29) is 30.1 Å². The Morgan fingerprint density at radius 1 is 1.04 bits per heavy atom. The number of fused-ring (bicyclic) bond motifs is 1. The van der Waals surface area contributed by atoms with Crippen molar-refractivity contribution in [3.8, 4) is 0 Å². The summed E-state index contributed by atoms with van der Waals surface area (Å²) >= 11 is 0. The van der Waals surface area contributed by atoms with Gasteiger partial charge in [-0.1, -0.05) is 18.2 Å². The molecule has 0 spiro atoms. The predicted octanol–water partition coefficient (Wildman–Crippen LogP) is 3.61. The summed E-state index contributed by atoms with van der Waals surface area (Å²) in [5.41, 5.74) is 3.44. The first-order valence-corrected chi connectivity index (χ1v) is 9.17. The van der Waals surface area contributed by atoms with Crippen LogP contribution in [0.2, 0.25) is 0 Å². The Kier molecular flexibility index (Phi) is 5.40. The molecule has 0 aliphatic carbocycles. The molecule has 1 unspecified atom stereocenters. The number of rotatable bonds is 5. The van der Waals surface area contributed by atoms with Crippen molar-refractivity contribution in [2.24, 2.45) is 0 Å². The van der Waals surface area contributed by atoms with Crippen LogP contribution in [0.5, 0.6) is 0 Å². The van der Waals surface area contributed by atoms with Gasteiger partial charge >= 0.3 is 0 Å². The monoisotopic (exact) mass is 364 g/mol. The quantitative estimate of drug-likeness (QED) is 0.762. The summed E-state index contributed by atoms with van der Waals surface area (Å²) < 4.78 is 0. The molecule has 2 amide bonds. The molecule has 0 bridgehead atoms. The van der Waals surface area contributed by atoms with E-state index in [4.69, 9.17) is 0 Å². The third-order valence-electron chi connectivity index (χ3n) is 4.99. The molecule has 1 atom stereocenters. The molecule has 27 heavy (non-hydrogen) atoms. The van der Waals surface area contributed by atoms with Gasteiger partial charge in [0.1, 0.15) is 0 Å². The van der Waals surface area contributed by atoms with Crippen molar-refractivity contribution < 1.29 is 14.4 Å². The lowest BCUT2D eigenvalue weighted by molar-refractivity contribution is -0.119. The van der Waals surface area contributed by atoms with Gasteiger partial charge in [-0.05, 0) is 56.2 Å². The van der Waals surface area contributed by atoms with Crippen molar-refractivity contribution in [3.05, 3.63) is 59.7 Å². The SMILES string of the molecule is CC(=O)c1ccc(N(CCC(=O)N2c3ccccc3CC2C)C(C)=O)cc1. The lowest BCUT2D eigenvalue weighted by Gasteiger charge is -2.26. The van der Waals surface area contributed by atoms with E-state index in [2.05, 4.69) is 6.07 Å². The van der Waals surface area contributed by atoms with Gasteiger partial charge in [0, 0.05) is 42.9 Å². The Balaban J connectivity index is 1.72. The topological polar surface area (TPSA) is 57.7 Å². The van der Waals surface area contributed by atoms with Gasteiger partial charge < -0.3 is 9.80 Å². The van der Waals surface area contributed by atoms with E-state index in [0.717, 1.165) is 12.1 Å². The Morgan fingerprint density at radius 3 is 2.33 bits per heavy atom. The molecular weight excluding hydrogens is 340 g/mol. The second-order valence-electron chi connectivity index (χ2n) is 6.97. The van der Waals surface area contributed by atoms with E-state index < -0.39 is 0 Å². The van der Waals surface area contributed by atoms with Crippen LogP contribution in [0.3, 0.4) is 0 Å². The lowest BCUT2D eigenvalue weighted by Crippen LogP contribution is -2.39. The van der Waals surface area contributed by atoms with E-state index in [9.17, 15) is 14.4 Å². The molecule has 1 heterocycles. The maximum Gasteiger partial charge on any atom is 0.229 e. The van der Waals surface area contributed by atoms with Crippen molar-refractivity contribution in [1.29, 1.82) is 0 Å². The molecule has 1 aliphatic heterocycles. The second kappa shape index (κ2) is 7.74. The van der Waals surface area contributed by atoms with Gasteiger partial charge in [-0.2, -0.15) is 0 Å². The van der Waals surface area contributed by atoms with Gasteiger partial charge in [-0.15, -0.1) is 0 Å². The smallest absolute Gasteiger partial charge is 0.229 e. The predicted molar refractivity (Wildman–Crippen MR) is 106 cm³/mol. The number of hydrogen-bond acceptors (Lipinski definition) is 3. The molecule has 140 valence electrons. The average Bonchev–Trinajstić information content (AvgIpc) is 2.97. The maximum absolute atomic E-state index is 12.9. The summed E-state index contributed by atoms with van der Waals surface area (Å²) in [4.78, 5) is 39.8. The molecule has 0 saturated carbocycles. The zero-order valence-corrected chi connectivity index (χ0v) is 15.9. The van der Waals surface area contributed by atoms with E-state index in [0.29, 0.717) is 17.8 Å². The molecule has 5 heteroatoms. The number of amides is 2. The standard InChI is InChI=1S/C22H24N2O3/c1-15-14-19-6-4-5-7-21(19)24(15)22(27)12-13-23(17(3)26)20-10-8-18(9-11-20)16(2)25/h4-11,15H,12-14H2,1-3H3. The maximum atomic E-state index is 12.9. The van der Waals surface area contributed by atoms with Crippen molar-refractivity contribution in [2.75, 3.05) is 16.3 Å². The molecule has 2 aromatic carbocycles. The molecule has 2 aromatic rings. The third-order valence-corrected chi connectivity index (χ3v) is 4.99. The van der Waals surface area contributed by atoms with Crippen LogP contribution in [0.4, 0.5) is 11.4 Å². The van der Waals surface area contributed by atoms with Gasteiger partial charge in [-0.25, -0.2) is 0 Å². The highest BCUT2D eigenvalue weighted by Crippen LogP contribution is 2.32. The average molecular weight is 364 g/mol. The van der Waals surface area contributed by atoms with Crippen LogP contribution >= 0.6 is 0 Å². The van der Waals surface area contributed by atoms with Gasteiger partial charge in [0.25, 0.3) is 0 Å². The first-order valence-electron chi connectivity index (χ1n) is 9.17. The molecule has 0 aromatic heterocycles. The summed E-state index contributed by atoms with van der Waals surface area (Å²) in [5, 5.41) is 0. The number of hydrogen-bond donors (Lipinski definition) is 0. The molecule has 1 aliphatic rings. The molecule has 5 nitrogen and oxygen atoms in total. The minimum Gasteiger partial charge on any atom is -0.312 e. The fourth-order valence-corrected chi connectivity index (χ4v) is 3.62. The molecule has 0 saturated heterocycles. The van der Waals surface area contributed by atoms with Gasteiger partial charge in [0.2, 0.25) is 11.8 Å². The van der Waals surface area contributed by atoms with Crippen LogP contribution < -0.4 is 9.80 Å². The van der Waals surface area contributed by atoms with Crippen molar-refractivity contribution in [2.45, 2.75) is 39.7 Å². The number of para-hydroxylation sites is 1. The molecule has 3 rings (SSSR count). The Hall–Kier alpha value is -2.95. The minimum absolute atomic E-state index is 0.0130. The molecule has 0 fully saturated rings. The van der Waals surface area contributed by atoms with E-state index in [1.165, 1.54) is 19.4 Å². The minimum atomic E-state index is -0.131. The second-order valence-corrected chi connectivity index (χ2v) is 6.97. The number of benzene rings is 2. The van der Waals surface area contributed by atoms with Crippen LogP contribution in [0.25, 0.3) is 0 Å². The molecular formula is C22H24N2O3. The van der Waals surface area contributed by atoms with Crippen LogP contribution in [0, 0.1) is 0 Å². The number of Topliss-reactive ketones (excluding diaryl/α,β-unsaturated/α-hetero) is 1. The first kappa shape index (κ1) is 18.8. The Labute approximate surface area is 159 Å². The zero-order valence-electron chi connectivity index (χ0n) is 15.9. The molecule has 0 N–H and O–H groups in total. The number of anilines is 2. The summed E-state index contributed by atoms with van der Waals surface area (Å²) in [5.74, 6) is -0.139. The Bertz CT molecular complexity index is 873. The summed E-state index contributed by atoms with van der Waals surface area (Å²) in [6.45, 7) is 5.34. The van der Waals surface area contributed by atoms with Crippen LogP contribution in [-0.2, 0) is 16.0 Å². The zero-order chi connectivity index (χ0) is 19.6. The van der Waals surface area contributed by atoms with Gasteiger partial charge in [0.15, 0.2) is 5.78 Å². The largest absolute Gasteiger partial charge is 0.312 e. The normalized spacial score (nSPS) is 15.4. The molecule has 0 radical (unpaired) electrons. The third kappa shape index (κ3) is 3.92. The number of carbonyl (C=O) groups excluding carboxylic acids is 3. The van der Waals surface area contributed by atoms with E-state index >= 15 is 0 Å². The van der Waals surface area contributed by atoms with Crippen LogP contribution in [-0.4, -0.2) is 30.2 Å². The van der Waals surface area contributed by atoms with E-state index in [1.54, 1.807) is 29.2 Å². The fraction of sp³-hybridized carbons (Fsp3) is 0.318.